The minimum atomic E-state index is 0.545. The van der Waals surface area contributed by atoms with E-state index in [0.29, 0.717) is 5.41 Å². The highest BCUT2D eigenvalue weighted by Crippen LogP contribution is 2.39. The van der Waals surface area contributed by atoms with Gasteiger partial charge in [-0.25, -0.2) is 0 Å². The molecular weight excluding hydrogens is 148 g/mol. The fraction of sp³-hybridized carbons (Fsp3) is 1.00. The lowest BCUT2D eigenvalue weighted by Gasteiger charge is -2.28. The predicted octanol–water partition coefficient (Wildman–Crippen LogP) is 3.24. The Morgan fingerprint density at radius 1 is 1.42 bits per heavy atom. The van der Waals surface area contributed by atoms with Gasteiger partial charge in [0.05, 0.1) is 6.61 Å². The zero-order chi connectivity index (χ0) is 9.03. The van der Waals surface area contributed by atoms with Crippen LogP contribution in [0.15, 0.2) is 0 Å². The molecule has 1 heterocycles. The Hall–Kier alpha value is -0.0400. The molecule has 1 unspecified atom stereocenters. The van der Waals surface area contributed by atoms with E-state index in [-0.39, 0.29) is 0 Å². The Morgan fingerprint density at radius 3 is 2.58 bits per heavy atom. The molecular formula is C11H22O. The van der Waals surface area contributed by atoms with Crippen LogP contribution in [0.1, 0.15) is 46.5 Å². The summed E-state index contributed by atoms with van der Waals surface area (Å²) in [6.45, 7) is 8.91. The number of hydrogen-bond donors (Lipinski definition) is 0. The van der Waals surface area contributed by atoms with Crippen molar-refractivity contribution in [1.29, 1.82) is 0 Å². The third-order valence-electron chi connectivity index (χ3n) is 2.81. The highest BCUT2D eigenvalue weighted by Gasteiger charge is 2.34. The number of rotatable bonds is 4. The van der Waals surface area contributed by atoms with Gasteiger partial charge in [0.15, 0.2) is 0 Å². The molecule has 1 rings (SSSR count). The zero-order valence-corrected chi connectivity index (χ0v) is 8.73. The predicted molar refractivity (Wildman–Crippen MR) is 52.2 cm³/mol. The molecule has 1 nitrogen and oxygen atoms in total. The Bertz CT molecular complexity index is 123. The van der Waals surface area contributed by atoms with Gasteiger partial charge in [-0.15, -0.1) is 0 Å². The molecule has 1 atom stereocenters. The van der Waals surface area contributed by atoms with Crippen molar-refractivity contribution < 1.29 is 4.74 Å². The maximum absolute atomic E-state index is 5.51. The normalized spacial score (nSPS) is 30.0. The van der Waals surface area contributed by atoms with Gasteiger partial charge in [-0.05, 0) is 30.6 Å². The molecule has 0 radical (unpaired) electrons. The maximum Gasteiger partial charge on any atom is 0.0523 e. The van der Waals surface area contributed by atoms with Crippen LogP contribution in [0.5, 0.6) is 0 Å². The largest absolute Gasteiger partial charge is 0.381 e. The van der Waals surface area contributed by atoms with Gasteiger partial charge >= 0.3 is 0 Å². The monoisotopic (exact) mass is 170 g/mol. The molecule has 0 aromatic heterocycles. The van der Waals surface area contributed by atoms with Gasteiger partial charge in [-0.1, -0.05) is 27.2 Å². The standard InChI is InChI=1S/C11H22O/c1-4-5-11(8-10(2)3)6-7-12-9-11/h10H,4-9H2,1-3H3. The molecule has 0 bridgehead atoms. The van der Waals surface area contributed by atoms with Crippen LogP contribution in [0, 0.1) is 11.3 Å². The van der Waals surface area contributed by atoms with Crippen LogP contribution in [0.25, 0.3) is 0 Å². The lowest BCUT2D eigenvalue weighted by molar-refractivity contribution is 0.129. The van der Waals surface area contributed by atoms with Crippen molar-refractivity contribution in [3.63, 3.8) is 0 Å². The molecule has 1 heteroatoms. The second kappa shape index (κ2) is 4.27. The minimum absolute atomic E-state index is 0.545. The molecule has 72 valence electrons. The van der Waals surface area contributed by atoms with Crippen LogP contribution in [0.2, 0.25) is 0 Å². The maximum atomic E-state index is 5.51. The molecule has 0 aromatic rings. The highest BCUT2D eigenvalue weighted by atomic mass is 16.5. The van der Waals surface area contributed by atoms with Gasteiger partial charge in [0, 0.05) is 6.61 Å². The fourth-order valence-electron chi connectivity index (χ4n) is 2.51. The van der Waals surface area contributed by atoms with Crippen molar-refractivity contribution in [2.24, 2.45) is 11.3 Å². The van der Waals surface area contributed by atoms with Gasteiger partial charge < -0.3 is 4.74 Å². The van der Waals surface area contributed by atoms with E-state index in [4.69, 9.17) is 4.74 Å². The van der Waals surface area contributed by atoms with E-state index in [1.165, 1.54) is 25.7 Å². The van der Waals surface area contributed by atoms with E-state index in [2.05, 4.69) is 20.8 Å². The fourth-order valence-corrected chi connectivity index (χ4v) is 2.51. The highest BCUT2D eigenvalue weighted by molar-refractivity contribution is 4.83. The van der Waals surface area contributed by atoms with Crippen LogP contribution < -0.4 is 0 Å². The van der Waals surface area contributed by atoms with Gasteiger partial charge in [0.1, 0.15) is 0 Å². The van der Waals surface area contributed by atoms with E-state index in [9.17, 15) is 0 Å². The van der Waals surface area contributed by atoms with Crippen molar-refractivity contribution in [2.75, 3.05) is 13.2 Å². The smallest absolute Gasteiger partial charge is 0.0523 e. The lowest BCUT2D eigenvalue weighted by Crippen LogP contribution is -2.22. The number of hydrogen-bond acceptors (Lipinski definition) is 1. The molecule has 0 saturated carbocycles. The van der Waals surface area contributed by atoms with E-state index in [1.54, 1.807) is 0 Å². The van der Waals surface area contributed by atoms with Gasteiger partial charge in [0.2, 0.25) is 0 Å². The summed E-state index contributed by atoms with van der Waals surface area (Å²) in [4.78, 5) is 0. The molecule has 12 heavy (non-hydrogen) atoms. The van der Waals surface area contributed by atoms with Gasteiger partial charge in [0.25, 0.3) is 0 Å². The first-order valence-corrected chi connectivity index (χ1v) is 5.26. The minimum Gasteiger partial charge on any atom is -0.381 e. The molecule has 1 aliphatic heterocycles. The van der Waals surface area contributed by atoms with Crippen molar-refractivity contribution >= 4 is 0 Å². The Balaban J connectivity index is 2.46. The molecule has 1 aliphatic rings. The van der Waals surface area contributed by atoms with Crippen molar-refractivity contribution in [3.05, 3.63) is 0 Å². The average molecular weight is 170 g/mol. The summed E-state index contributed by atoms with van der Waals surface area (Å²) < 4.78 is 5.51. The average Bonchev–Trinajstić information content (AvgIpc) is 2.36. The van der Waals surface area contributed by atoms with Gasteiger partial charge in [-0.2, -0.15) is 0 Å². The van der Waals surface area contributed by atoms with Crippen molar-refractivity contribution in [1.82, 2.24) is 0 Å². The first-order chi connectivity index (χ1) is 5.68. The summed E-state index contributed by atoms with van der Waals surface area (Å²) in [6, 6.07) is 0. The van der Waals surface area contributed by atoms with E-state index in [1.807, 2.05) is 0 Å². The van der Waals surface area contributed by atoms with Crippen LogP contribution in [-0.4, -0.2) is 13.2 Å². The van der Waals surface area contributed by atoms with Crippen molar-refractivity contribution in [2.45, 2.75) is 46.5 Å². The summed E-state index contributed by atoms with van der Waals surface area (Å²) in [5.41, 5.74) is 0.545. The molecule has 0 spiro atoms. The lowest BCUT2D eigenvalue weighted by atomic mass is 9.76. The third kappa shape index (κ3) is 2.48. The number of ether oxygens (including phenoxy) is 1. The Morgan fingerprint density at radius 2 is 2.17 bits per heavy atom. The molecule has 1 fully saturated rings. The zero-order valence-electron chi connectivity index (χ0n) is 8.73. The second-order valence-electron chi connectivity index (χ2n) is 4.65. The summed E-state index contributed by atoms with van der Waals surface area (Å²) in [7, 11) is 0. The summed E-state index contributed by atoms with van der Waals surface area (Å²) in [5.74, 6) is 0.818. The molecule has 0 aliphatic carbocycles. The molecule has 0 aromatic carbocycles. The first kappa shape index (κ1) is 10.0. The first-order valence-electron chi connectivity index (χ1n) is 5.26. The van der Waals surface area contributed by atoms with Gasteiger partial charge in [-0.3, -0.25) is 0 Å². The Labute approximate surface area is 76.5 Å². The summed E-state index contributed by atoms with van der Waals surface area (Å²) in [5, 5.41) is 0. The van der Waals surface area contributed by atoms with E-state index >= 15 is 0 Å². The van der Waals surface area contributed by atoms with Crippen molar-refractivity contribution in [3.8, 4) is 0 Å². The van der Waals surface area contributed by atoms with Crippen LogP contribution in [0.3, 0.4) is 0 Å². The third-order valence-corrected chi connectivity index (χ3v) is 2.81. The summed E-state index contributed by atoms with van der Waals surface area (Å²) in [6.07, 6.45) is 5.29. The molecule has 0 N–H and O–H groups in total. The topological polar surface area (TPSA) is 9.23 Å². The quantitative estimate of drug-likeness (QED) is 0.629. The van der Waals surface area contributed by atoms with E-state index in [0.717, 1.165) is 19.1 Å². The van der Waals surface area contributed by atoms with Crippen LogP contribution in [-0.2, 0) is 4.74 Å². The summed E-state index contributed by atoms with van der Waals surface area (Å²) >= 11 is 0. The van der Waals surface area contributed by atoms with Crippen LogP contribution >= 0.6 is 0 Å². The SMILES string of the molecule is CCCC1(CC(C)C)CCOC1. The molecule has 1 saturated heterocycles. The Kier molecular flexibility index (Phi) is 3.57. The molecule has 0 amide bonds. The van der Waals surface area contributed by atoms with Crippen LogP contribution in [0.4, 0.5) is 0 Å². The second-order valence-corrected chi connectivity index (χ2v) is 4.65. The van der Waals surface area contributed by atoms with E-state index < -0.39 is 0 Å².